The van der Waals surface area contributed by atoms with E-state index in [0.717, 1.165) is 0 Å². The largest absolute Gasteiger partial charge is 0.368 e. The number of hydrogen-bond acceptors (Lipinski definition) is 8. The highest BCUT2D eigenvalue weighted by Gasteiger charge is 2.26. The van der Waals surface area contributed by atoms with Crippen molar-refractivity contribution < 1.29 is 4.79 Å². The van der Waals surface area contributed by atoms with Gasteiger partial charge in [-0.25, -0.2) is 15.0 Å². The molecule has 3 aromatic heterocycles. The van der Waals surface area contributed by atoms with E-state index in [4.69, 9.17) is 5.73 Å². The number of fused-ring (bicyclic) bond motifs is 1. The number of hydrogen-bond donors (Lipinski definition) is 4. The van der Waals surface area contributed by atoms with Crippen LogP contribution < -0.4 is 16.6 Å². The number of anilines is 2. The van der Waals surface area contributed by atoms with Crippen LogP contribution in [0.25, 0.3) is 11.2 Å². The topological polar surface area (TPSA) is 155 Å². The van der Waals surface area contributed by atoms with Crippen LogP contribution in [-0.2, 0) is 4.79 Å². The van der Waals surface area contributed by atoms with Crippen LogP contribution in [0.15, 0.2) is 28.4 Å². The highest BCUT2D eigenvalue weighted by atomic mass is 32.2. The highest BCUT2D eigenvalue weighted by molar-refractivity contribution is 8.00. The van der Waals surface area contributed by atoms with Gasteiger partial charge in [-0.05, 0) is 5.92 Å². The lowest BCUT2D eigenvalue weighted by Crippen LogP contribution is -2.31. The fraction of sp³-hybridized carbons (Fsp3) is 0.286. The number of aromatic amines is 2. The molecule has 11 heteroatoms. The number of aromatic nitrogens is 6. The molecule has 1 atom stereocenters. The zero-order valence-corrected chi connectivity index (χ0v) is 14.3. The number of nitrogens with one attached hydrogen (secondary N) is 3. The minimum Gasteiger partial charge on any atom is -0.368 e. The Hall–Kier alpha value is -2.95. The average molecular weight is 360 g/mol. The molecule has 0 aliphatic rings. The van der Waals surface area contributed by atoms with Crippen LogP contribution in [0, 0.1) is 5.92 Å². The van der Waals surface area contributed by atoms with Crippen LogP contribution in [0.1, 0.15) is 13.8 Å². The number of carbonyl (C=O) groups is 1. The molecule has 0 spiro atoms. The fourth-order valence-electron chi connectivity index (χ4n) is 2.14. The Morgan fingerprint density at radius 2 is 2.12 bits per heavy atom. The summed E-state index contributed by atoms with van der Waals surface area (Å²) in [5.74, 6) is -0.148. The van der Waals surface area contributed by atoms with Crippen molar-refractivity contribution in [3.8, 4) is 0 Å². The van der Waals surface area contributed by atoms with Gasteiger partial charge < -0.3 is 10.7 Å². The van der Waals surface area contributed by atoms with Crippen LogP contribution in [-0.4, -0.2) is 41.1 Å². The molecule has 1 amide bonds. The zero-order valence-electron chi connectivity index (χ0n) is 13.5. The molecule has 0 fully saturated rings. The number of nitrogen functional groups attached to an aromatic ring is 1. The molecule has 3 rings (SSSR count). The molecule has 0 aliphatic carbocycles. The lowest BCUT2D eigenvalue weighted by molar-refractivity contribution is -0.116. The number of thioether (sulfide) groups is 1. The molecule has 0 bridgehead atoms. The molecule has 3 aromatic rings. The second-order valence-corrected chi connectivity index (χ2v) is 6.67. The van der Waals surface area contributed by atoms with Gasteiger partial charge in [-0.3, -0.25) is 19.9 Å². The molecule has 0 radical (unpaired) electrons. The van der Waals surface area contributed by atoms with Gasteiger partial charge >= 0.3 is 0 Å². The molecule has 130 valence electrons. The third kappa shape index (κ3) is 3.76. The number of nitrogens with zero attached hydrogens (tertiary/aromatic N) is 4. The Balaban J connectivity index is 1.86. The maximum absolute atomic E-state index is 12.6. The normalized spacial score (nSPS) is 12.4. The monoisotopic (exact) mass is 360 g/mol. The summed E-state index contributed by atoms with van der Waals surface area (Å²) in [6.07, 6.45) is 2.82. The average Bonchev–Trinajstić information content (AvgIpc) is 3.00. The van der Waals surface area contributed by atoms with Crippen molar-refractivity contribution in [3.05, 3.63) is 28.9 Å². The maximum atomic E-state index is 12.6. The first-order chi connectivity index (χ1) is 11.9. The Bertz CT molecular complexity index is 967. The van der Waals surface area contributed by atoms with Crippen molar-refractivity contribution in [1.82, 2.24) is 29.9 Å². The minimum absolute atomic E-state index is 0.0189. The standard InChI is InChI=1S/C14H16N8O2S/c1-6(2)9(11(24)21-14-16-4-3-7(23)19-14)25-12-8-10(18-5-17-8)20-13(15)22-12/h3-6,9H,1-2H3,(H3,15,17,18,20,22)(H2,16,19,21,23,24)/t9-/m1/s1. The van der Waals surface area contributed by atoms with Gasteiger partial charge in [-0.1, -0.05) is 25.6 Å². The molecule has 0 unspecified atom stereocenters. The first-order valence-electron chi connectivity index (χ1n) is 7.43. The van der Waals surface area contributed by atoms with Crippen molar-refractivity contribution in [2.75, 3.05) is 11.1 Å². The first-order valence-corrected chi connectivity index (χ1v) is 8.31. The van der Waals surface area contributed by atoms with Crippen LogP contribution in [0.5, 0.6) is 0 Å². The Morgan fingerprint density at radius 3 is 2.84 bits per heavy atom. The summed E-state index contributed by atoms with van der Waals surface area (Å²) in [5.41, 5.74) is 6.42. The highest BCUT2D eigenvalue weighted by Crippen LogP contribution is 2.31. The number of H-pyrrole nitrogens is 2. The van der Waals surface area contributed by atoms with E-state index in [2.05, 4.69) is 35.2 Å². The summed E-state index contributed by atoms with van der Waals surface area (Å²) in [4.78, 5) is 45.6. The van der Waals surface area contributed by atoms with Gasteiger partial charge in [0.15, 0.2) is 5.65 Å². The van der Waals surface area contributed by atoms with E-state index in [1.54, 1.807) is 0 Å². The Kier molecular flexibility index (Phi) is 4.65. The van der Waals surface area contributed by atoms with E-state index >= 15 is 0 Å². The SMILES string of the molecule is CC(C)[C@@H](Sc1nc(N)nc2nc[nH]c12)C(=O)Nc1nccc(=O)[nH]1. The number of amides is 1. The second-order valence-electron chi connectivity index (χ2n) is 5.54. The third-order valence-electron chi connectivity index (χ3n) is 3.28. The van der Waals surface area contributed by atoms with Crippen molar-refractivity contribution in [2.24, 2.45) is 5.92 Å². The van der Waals surface area contributed by atoms with Gasteiger partial charge in [0.2, 0.25) is 17.8 Å². The molecule has 0 saturated carbocycles. The third-order valence-corrected chi connectivity index (χ3v) is 4.82. The van der Waals surface area contributed by atoms with E-state index in [0.29, 0.717) is 16.2 Å². The molecule has 0 aromatic carbocycles. The predicted molar refractivity (Wildman–Crippen MR) is 94.1 cm³/mol. The van der Waals surface area contributed by atoms with Crippen LogP contribution in [0.3, 0.4) is 0 Å². The summed E-state index contributed by atoms with van der Waals surface area (Å²) in [7, 11) is 0. The maximum Gasteiger partial charge on any atom is 0.252 e. The molecule has 3 heterocycles. The Morgan fingerprint density at radius 1 is 1.32 bits per heavy atom. The van der Waals surface area contributed by atoms with Crippen molar-refractivity contribution in [1.29, 1.82) is 0 Å². The first kappa shape index (κ1) is 16.9. The van der Waals surface area contributed by atoms with E-state index in [9.17, 15) is 9.59 Å². The second kappa shape index (κ2) is 6.89. The molecule has 0 aliphatic heterocycles. The fourth-order valence-corrected chi connectivity index (χ4v) is 3.24. The van der Waals surface area contributed by atoms with Gasteiger partial charge in [0.1, 0.15) is 10.5 Å². The van der Waals surface area contributed by atoms with Gasteiger partial charge in [-0.2, -0.15) is 4.98 Å². The zero-order chi connectivity index (χ0) is 18.0. The van der Waals surface area contributed by atoms with E-state index < -0.39 is 5.25 Å². The van der Waals surface area contributed by atoms with Crippen LogP contribution >= 0.6 is 11.8 Å². The molecule has 10 nitrogen and oxygen atoms in total. The van der Waals surface area contributed by atoms with Crippen molar-refractivity contribution >= 4 is 40.7 Å². The van der Waals surface area contributed by atoms with E-state index in [1.165, 1.54) is 30.4 Å². The van der Waals surface area contributed by atoms with Gasteiger partial charge in [0.05, 0.1) is 11.6 Å². The van der Waals surface area contributed by atoms with Gasteiger partial charge in [0.25, 0.3) is 5.56 Å². The summed E-state index contributed by atoms with van der Waals surface area (Å²) < 4.78 is 0. The number of carbonyl (C=O) groups excluding carboxylic acids is 1. The number of rotatable bonds is 5. The predicted octanol–water partition coefficient (Wildman–Crippen LogP) is 0.774. The summed E-state index contributed by atoms with van der Waals surface area (Å²) in [5, 5.41) is 2.65. The van der Waals surface area contributed by atoms with Gasteiger partial charge in [0, 0.05) is 12.3 Å². The molecule has 5 N–H and O–H groups in total. The minimum atomic E-state index is -0.494. The summed E-state index contributed by atoms with van der Waals surface area (Å²) in [6, 6.07) is 1.27. The number of imidazole rings is 1. The quantitative estimate of drug-likeness (QED) is 0.384. The van der Waals surface area contributed by atoms with Crippen LogP contribution in [0.2, 0.25) is 0 Å². The Labute approximate surface area is 146 Å². The molecular weight excluding hydrogens is 344 g/mol. The lowest BCUT2D eigenvalue weighted by Gasteiger charge is -2.19. The summed E-state index contributed by atoms with van der Waals surface area (Å²) >= 11 is 1.24. The van der Waals surface area contributed by atoms with Crippen molar-refractivity contribution in [2.45, 2.75) is 24.1 Å². The molecular formula is C14H16N8O2S. The smallest absolute Gasteiger partial charge is 0.252 e. The van der Waals surface area contributed by atoms with Crippen molar-refractivity contribution in [3.63, 3.8) is 0 Å². The summed E-state index contributed by atoms with van der Waals surface area (Å²) in [6.45, 7) is 3.82. The number of nitrogens with two attached hydrogens (primary N) is 1. The molecule has 0 saturated heterocycles. The van der Waals surface area contributed by atoms with E-state index in [-0.39, 0.29) is 29.3 Å². The van der Waals surface area contributed by atoms with E-state index in [1.807, 2.05) is 13.8 Å². The lowest BCUT2D eigenvalue weighted by atomic mass is 10.1. The van der Waals surface area contributed by atoms with Crippen LogP contribution in [0.4, 0.5) is 11.9 Å². The van der Waals surface area contributed by atoms with Gasteiger partial charge in [-0.15, -0.1) is 0 Å². The molecule has 25 heavy (non-hydrogen) atoms.